The van der Waals surface area contributed by atoms with E-state index in [4.69, 9.17) is 10.5 Å². The van der Waals surface area contributed by atoms with E-state index in [-0.39, 0.29) is 0 Å². The molecule has 0 spiro atoms. The van der Waals surface area contributed by atoms with Crippen LogP contribution in [-0.2, 0) is 20.9 Å². The number of nitrogens with two attached hydrogens (primary N) is 1. The van der Waals surface area contributed by atoms with Crippen LogP contribution in [0.25, 0.3) is 17.3 Å². The molecule has 0 fully saturated rings. The van der Waals surface area contributed by atoms with E-state index in [2.05, 4.69) is 10.1 Å². The quantitative estimate of drug-likeness (QED) is 0.504. The Balaban J connectivity index is 1.86. The normalized spacial score (nSPS) is 12.0. The summed E-state index contributed by atoms with van der Waals surface area (Å²) in [5.41, 5.74) is 8.46. The monoisotopic (exact) mass is 376 g/mol. The molecule has 0 saturated heterocycles. The number of nitrogens with zero attached hydrogens (tertiary/aromatic N) is 3. The minimum Gasteiger partial charge on any atom is -0.449 e. The first-order valence-electron chi connectivity index (χ1n) is 8.72. The van der Waals surface area contributed by atoms with Gasteiger partial charge in [0.05, 0.1) is 6.54 Å². The summed E-state index contributed by atoms with van der Waals surface area (Å²) in [4.78, 5) is 27.1. The number of primary amides is 1. The highest BCUT2D eigenvalue weighted by molar-refractivity contribution is 5.91. The molecule has 0 unspecified atom stereocenters. The molecule has 2 heterocycles. The van der Waals surface area contributed by atoms with Crippen LogP contribution in [-0.4, -0.2) is 32.7 Å². The molecule has 0 bridgehead atoms. The van der Waals surface area contributed by atoms with Crippen LogP contribution < -0.4 is 5.73 Å². The number of pyridine rings is 1. The maximum absolute atomic E-state index is 11.9. The molecule has 1 atom stereocenters. The van der Waals surface area contributed by atoms with Gasteiger partial charge in [-0.2, -0.15) is 5.10 Å². The van der Waals surface area contributed by atoms with Crippen molar-refractivity contribution in [2.24, 2.45) is 5.73 Å². The highest BCUT2D eigenvalue weighted by Gasteiger charge is 2.14. The summed E-state index contributed by atoms with van der Waals surface area (Å²) in [6.45, 7) is 2.01. The molecule has 7 nitrogen and oxygen atoms in total. The molecule has 0 aliphatic carbocycles. The van der Waals surface area contributed by atoms with Gasteiger partial charge in [0.2, 0.25) is 0 Å². The van der Waals surface area contributed by atoms with Crippen LogP contribution in [0.3, 0.4) is 0 Å². The largest absolute Gasteiger partial charge is 0.449 e. The molecule has 3 aromatic rings. The number of hydrogen-bond donors (Lipinski definition) is 1. The molecular weight excluding hydrogens is 356 g/mol. The van der Waals surface area contributed by atoms with E-state index < -0.39 is 18.0 Å². The van der Waals surface area contributed by atoms with Crippen molar-refractivity contribution in [3.63, 3.8) is 0 Å². The first-order valence-corrected chi connectivity index (χ1v) is 8.72. The van der Waals surface area contributed by atoms with Crippen LogP contribution in [0.5, 0.6) is 0 Å². The van der Waals surface area contributed by atoms with Gasteiger partial charge in [0.25, 0.3) is 5.91 Å². The highest BCUT2D eigenvalue weighted by Crippen LogP contribution is 2.23. The van der Waals surface area contributed by atoms with Crippen LogP contribution >= 0.6 is 0 Å². The number of carbonyl (C=O) groups is 2. The molecule has 2 aromatic heterocycles. The lowest BCUT2D eigenvalue weighted by molar-refractivity contribution is -0.148. The summed E-state index contributed by atoms with van der Waals surface area (Å²) in [7, 11) is 0. The zero-order chi connectivity index (χ0) is 19.9. The third-order valence-electron chi connectivity index (χ3n) is 4.00. The van der Waals surface area contributed by atoms with Gasteiger partial charge in [-0.15, -0.1) is 0 Å². The predicted octanol–water partition coefficient (Wildman–Crippen LogP) is 2.42. The number of benzene rings is 1. The Labute approximate surface area is 162 Å². The minimum atomic E-state index is -0.990. The lowest BCUT2D eigenvalue weighted by atomic mass is 10.1. The van der Waals surface area contributed by atoms with Gasteiger partial charge in [-0.05, 0) is 30.7 Å². The van der Waals surface area contributed by atoms with Crippen LogP contribution in [0.1, 0.15) is 18.1 Å². The van der Waals surface area contributed by atoms with Crippen molar-refractivity contribution in [2.45, 2.75) is 19.6 Å². The Hall–Kier alpha value is -3.74. The molecule has 3 rings (SSSR count). The van der Waals surface area contributed by atoms with Crippen molar-refractivity contribution in [3.05, 3.63) is 78.3 Å². The fourth-order valence-electron chi connectivity index (χ4n) is 2.57. The Morgan fingerprint density at radius 2 is 2.00 bits per heavy atom. The van der Waals surface area contributed by atoms with Gasteiger partial charge in [-0.1, -0.05) is 30.3 Å². The van der Waals surface area contributed by atoms with Gasteiger partial charge in [0.1, 0.15) is 5.69 Å². The van der Waals surface area contributed by atoms with E-state index in [0.717, 1.165) is 16.7 Å². The molecule has 0 aliphatic heterocycles. The van der Waals surface area contributed by atoms with E-state index in [1.165, 1.54) is 13.0 Å². The third kappa shape index (κ3) is 4.91. The van der Waals surface area contributed by atoms with Gasteiger partial charge in [-0.25, -0.2) is 4.79 Å². The van der Waals surface area contributed by atoms with Crippen molar-refractivity contribution in [1.82, 2.24) is 14.8 Å². The smallest absolute Gasteiger partial charge is 0.331 e. The number of esters is 1. The predicted molar refractivity (Wildman–Crippen MR) is 105 cm³/mol. The molecule has 1 aromatic carbocycles. The summed E-state index contributed by atoms with van der Waals surface area (Å²) in [6, 6.07) is 13.7. The first kappa shape index (κ1) is 19.0. The highest BCUT2D eigenvalue weighted by atomic mass is 16.5. The first-order chi connectivity index (χ1) is 13.5. The van der Waals surface area contributed by atoms with E-state index in [0.29, 0.717) is 12.2 Å². The summed E-state index contributed by atoms with van der Waals surface area (Å²) >= 11 is 0. The van der Waals surface area contributed by atoms with Gasteiger partial charge in [0.15, 0.2) is 6.10 Å². The Morgan fingerprint density at radius 1 is 1.21 bits per heavy atom. The van der Waals surface area contributed by atoms with E-state index >= 15 is 0 Å². The van der Waals surface area contributed by atoms with E-state index in [9.17, 15) is 9.59 Å². The van der Waals surface area contributed by atoms with Crippen molar-refractivity contribution in [1.29, 1.82) is 0 Å². The number of hydrogen-bond acceptors (Lipinski definition) is 5. The number of ether oxygens (including phenoxy) is 1. The summed E-state index contributed by atoms with van der Waals surface area (Å²) in [6.07, 6.45) is 7.10. The zero-order valence-corrected chi connectivity index (χ0v) is 15.4. The number of rotatable bonds is 7. The maximum atomic E-state index is 11.9. The second-order valence-corrected chi connectivity index (χ2v) is 6.17. The van der Waals surface area contributed by atoms with Crippen LogP contribution in [0.2, 0.25) is 0 Å². The van der Waals surface area contributed by atoms with Crippen LogP contribution in [0.4, 0.5) is 0 Å². The molecule has 0 radical (unpaired) electrons. The van der Waals surface area contributed by atoms with E-state index in [1.54, 1.807) is 23.2 Å². The number of amides is 1. The zero-order valence-electron chi connectivity index (χ0n) is 15.4. The maximum Gasteiger partial charge on any atom is 0.331 e. The number of aromatic nitrogens is 3. The molecule has 7 heteroatoms. The Morgan fingerprint density at radius 3 is 2.68 bits per heavy atom. The van der Waals surface area contributed by atoms with Gasteiger partial charge in [-0.3, -0.25) is 14.5 Å². The summed E-state index contributed by atoms with van der Waals surface area (Å²) < 4.78 is 6.74. The van der Waals surface area contributed by atoms with Crippen LogP contribution in [0.15, 0.2) is 67.1 Å². The SMILES string of the molecule is C[C@H](OC(=O)/C=C/c1cn(Cc2ccccc2)nc1-c1cccnc1)C(N)=O. The lowest BCUT2D eigenvalue weighted by Gasteiger charge is -2.06. The average Bonchev–Trinajstić information content (AvgIpc) is 3.10. The standard InChI is InChI=1S/C21H20N4O3/c1-15(21(22)27)28-19(26)10-9-18-14-25(13-16-6-3-2-4-7-16)24-20(18)17-8-5-11-23-12-17/h2-12,14-15H,13H2,1H3,(H2,22,27)/b10-9+/t15-/m0/s1. The summed E-state index contributed by atoms with van der Waals surface area (Å²) in [5, 5.41) is 4.64. The van der Waals surface area contributed by atoms with Crippen molar-refractivity contribution in [3.8, 4) is 11.3 Å². The van der Waals surface area contributed by atoms with Crippen molar-refractivity contribution < 1.29 is 14.3 Å². The molecule has 1 amide bonds. The Bertz CT molecular complexity index is 981. The van der Waals surface area contributed by atoms with E-state index in [1.807, 2.05) is 48.7 Å². The third-order valence-corrected chi connectivity index (χ3v) is 4.00. The topological polar surface area (TPSA) is 100 Å². The summed E-state index contributed by atoms with van der Waals surface area (Å²) in [5.74, 6) is -1.35. The molecule has 2 N–H and O–H groups in total. The molecular formula is C21H20N4O3. The molecule has 142 valence electrons. The second-order valence-electron chi connectivity index (χ2n) is 6.17. The molecule has 0 saturated carbocycles. The van der Waals surface area contributed by atoms with Crippen molar-refractivity contribution >= 4 is 18.0 Å². The number of carbonyl (C=O) groups excluding carboxylic acids is 2. The fourth-order valence-corrected chi connectivity index (χ4v) is 2.57. The van der Waals surface area contributed by atoms with Gasteiger partial charge >= 0.3 is 5.97 Å². The average molecular weight is 376 g/mol. The molecule has 28 heavy (non-hydrogen) atoms. The lowest BCUT2D eigenvalue weighted by Crippen LogP contribution is -2.29. The Kier molecular flexibility index (Phi) is 5.96. The van der Waals surface area contributed by atoms with Crippen molar-refractivity contribution in [2.75, 3.05) is 0 Å². The minimum absolute atomic E-state index is 0.588. The fraction of sp³-hybridized carbons (Fsp3) is 0.143. The van der Waals surface area contributed by atoms with Crippen LogP contribution in [0, 0.1) is 0 Å². The molecule has 0 aliphatic rings. The second kappa shape index (κ2) is 8.77. The van der Waals surface area contributed by atoms with Gasteiger partial charge < -0.3 is 10.5 Å². The van der Waals surface area contributed by atoms with Gasteiger partial charge in [0, 0.05) is 35.8 Å².